The van der Waals surface area contributed by atoms with E-state index in [-0.39, 0.29) is 0 Å². The van der Waals surface area contributed by atoms with Gasteiger partial charge in [0.25, 0.3) is 0 Å². The van der Waals surface area contributed by atoms with Crippen LogP contribution >= 0.6 is 0 Å². The highest BCUT2D eigenvalue weighted by molar-refractivity contribution is 4.76. The average molecular weight is 211 g/mol. The summed E-state index contributed by atoms with van der Waals surface area (Å²) in [6, 6.07) is 0.851. The smallest absolute Gasteiger partial charge is 0.00928 e. The molecule has 0 spiro atoms. The van der Waals surface area contributed by atoms with E-state index in [4.69, 9.17) is 0 Å². The topological polar surface area (TPSA) is 3.24 Å². The van der Waals surface area contributed by atoms with E-state index >= 15 is 0 Å². The molecule has 15 heavy (non-hydrogen) atoms. The van der Waals surface area contributed by atoms with Crippen molar-refractivity contribution in [2.75, 3.05) is 13.1 Å². The highest BCUT2D eigenvalue weighted by Crippen LogP contribution is 2.25. The van der Waals surface area contributed by atoms with Crippen LogP contribution in [0.4, 0.5) is 0 Å². The van der Waals surface area contributed by atoms with Crippen LogP contribution in [0.2, 0.25) is 0 Å². The van der Waals surface area contributed by atoms with Crippen LogP contribution in [0.15, 0.2) is 0 Å². The first kappa shape index (κ1) is 13.0. The Morgan fingerprint density at radius 1 is 1.07 bits per heavy atom. The Morgan fingerprint density at radius 3 is 2.13 bits per heavy atom. The van der Waals surface area contributed by atoms with Gasteiger partial charge in [-0.1, -0.05) is 34.1 Å². The quantitative estimate of drug-likeness (QED) is 0.677. The minimum Gasteiger partial charge on any atom is -0.300 e. The van der Waals surface area contributed by atoms with Gasteiger partial charge in [-0.3, -0.25) is 0 Å². The molecule has 1 aliphatic heterocycles. The maximum absolute atomic E-state index is 2.73. The summed E-state index contributed by atoms with van der Waals surface area (Å²) in [5, 5.41) is 0. The maximum Gasteiger partial charge on any atom is 0.00928 e. The molecule has 0 aromatic heterocycles. The van der Waals surface area contributed by atoms with E-state index in [1.54, 1.807) is 0 Å². The lowest BCUT2D eigenvalue weighted by Crippen LogP contribution is -2.39. The second kappa shape index (κ2) is 5.89. The van der Waals surface area contributed by atoms with Crippen LogP contribution in [0.5, 0.6) is 0 Å². The monoisotopic (exact) mass is 211 g/mol. The first-order chi connectivity index (χ1) is 7.03. The highest BCUT2D eigenvalue weighted by Gasteiger charge is 2.21. The summed E-state index contributed by atoms with van der Waals surface area (Å²) < 4.78 is 0. The van der Waals surface area contributed by atoms with Crippen molar-refractivity contribution < 1.29 is 0 Å². The second-order valence-corrected chi connectivity index (χ2v) is 6.26. The fraction of sp³-hybridized carbons (Fsp3) is 1.00. The van der Waals surface area contributed by atoms with Crippen molar-refractivity contribution in [3.8, 4) is 0 Å². The van der Waals surface area contributed by atoms with Gasteiger partial charge in [0.2, 0.25) is 0 Å². The molecule has 1 aliphatic rings. The molecular weight excluding hydrogens is 182 g/mol. The number of piperidine rings is 1. The van der Waals surface area contributed by atoms with Gasteiger partial charge in [-0.15, -0.1) is 0 Å². The number of hydrogen-bond donors (Lipinski definition) is 0. The Morgan fingerprint density at radius 2 is 1.67 bits per heavy atom. The molecule has 0 N–H and O–H groups in total. The predicted octanol–water partition coefficient (Wildman–Crippen LogP) is 4.08. The van der Waals surface area contributed by atoms with Gasteiger partial charge in [0.15, 0.2) is 0 Å². The van der Waals surface area contributed by atoms with E-state index in [0.29, 0.717) is 5.41 Å². The Kier molecular flexibility index (Phi) is 5.11. The first-order valence-corrected chi connectivity index (χ1v) is 6.77. The maximum atomic E-state index is 2.73. The molecule has 0 amide bonds. The van der Waals surface area contributed by atoms with Crippen LogP contribution < -0.4 is 0 Å². The van der Waals surface area contributed by atoms with E-state index in [1.807, 2.05) is 0 Å². The van der Waals surface area contributed by atoms with Crippen molar-refractivity contribution in [3.05, 3.63) is 0 Å². The molecule has 0 aromatic rings. The molecule has 0 radical (unpaired) electrons. The summed E-state index contributed by atoms with van der Waals surface area (Å²) in [7, 11) is 0. The summed E-state index contributed by atoms with van der Waals surface area (Å²) in [5.74, 6) is 0. The Labute approximate surface area is 96.2 Å². The Bertz CT molecular complexity index is 163. The third kappa shape index (κ3) is 5.01. The largest absolute Gasteiger partial charge is 0.300 e. The number of likely N-dealkylation sites (tertiary alicyclic amines) is 1. The van der Waals surface area contributed by atoms with Gasteiger partial charge in [0, 0.05) is 6.04 Å². The van der Waals surface area contributed by atoms with Crippen molar-refractivity contribution in [2.24, 2.45) is 5.41 Å². The van der Waals surface area contributed by atoms with E-state index in [2.05, 4.69) is 32.6 Å². The molecule has 1 unspecified atom stereocenters. The van der Waals surface area contributed by atoms with Gasteiger partial charge in [-0.05, 0) is 50.6 Å². The minimum atomic E-state index is 0.503. The van der Waals surface area contributed by atoms with E-state index in [1.165, 1.54) is 51.6 Å². The first-order valence-electron chi connectivity index (χ1n) is 6.77. The van der Waals surface area contributed by atoms with Crippen molar-refractivity contribution in [2.45, 2.75) is 72.3 Å². The van der Waals surface area contributed by atoms with Crippen molar-refractivity contribution >= 4 is 0 Å². The normalized spacial score (nSPS) is 21.6. The Balaban J connectivity index is 2.34. The summed E-state index contributed by atoms with van der Waals surface area (Å²) in [5.41, 5.74) is 0.503. The van der Waals surface area contributed by atoms with Crippen LogP contribution in [-0.4, -0.2) is 24.0 Å². The van der Waals surface area contributed by atoms with Crippen LogP contribution in [0.1, 0.15) is 66.2 Å². The van der Waals surface area contributed by atoms with Crippen molar-refractivity contribution in [1.82, 2.24) is 4.90 Å². The van der Waals surface area contributed by atoms with Crippen molar-refractivity contribution in [3.63, 3.8) is 0 Å². The molecule has 1 saturated heterocycles. The van der Waals surface area contributed by atoms with Gasteiger partial charge < -0.3 is 4.90 Å². The summed E-state index contributed by atoms with van der Waals surface area (Å²) in [4.78, 5) is 2.73. The molecule has 90 valence electrons. The third-order valence-corrected chi connectivity index (χ3v) is 3.61. The molecular formula is C14H29N. The van der Waals surface area contributed by atoms with Gasteiger partial charge in [-0.2, -0.15) is 0 Å². The summed E-state index contributed by atoms with van der Waals surface area (Å²) >= 11 is 0. The zero-order valence-electron chi connectivity index (χ0n) is 11.2. The van der Waals surface area contributed by atoms with E-state index in [9.17, 15) is 0 Å². The van der Waals surface area contributed by atoms with Gasteiger partial charge in [0.05, 0.1) is 0 Å². The molecule has 0 bridgehead atoms. The zero-order chi connectivity index (χ0) is 11.3. The van der Waals surface area contributed by atoms with Crippen LogP contribution in [0, 0.1) is 5.41 Å². The standard InChI is InChI=1S/C14H29N/c1-5-13(9-10-14(2,3)4)15-11-7-6-8-12-15/h13H,5-12H2,1-4H3. The van der Waals surface area contributed by atoms with Crippen LogP contribution in [0.25, 0.3) is 0 Å². The second-order valence-electron chi connectivity index (χ2n) is 6.26. The van der Waals surface area contributed by atoms with E-state index < -0.39 is 0 Å². The lowest BCUT2D eigenvalue weighted by Gasteiger charge is -2.35. The molecule has 1 fully saturated rings. The van der Waals surface area contributed by atoms with Crippen LogP contribution in [-0.2, 0) is 0 Å². The highest BCUT2D eigenvalue weighted by atomic mass is 15.2. The SMILES string of the molecule is CCC(CCC(C)(C)C)N1CCCCC1. The third-order valence-electron chi connectivity index (χ3n) is 3.61. The van der Waals surface area contributed by atoms with Crippen molar-refractivity contribution in [1.29, 1.82) is 0 Å². The van der Waals surface area contributed by atoms with Gasteiger partial charge in [-0.25, -0.2) is 0 Å². The zero-order valence-corrected chi connectivity index (χ0v) is 11.2. The van der Waals surface area contributed by atoms with Gasteiger partial charge >= 0.3 is 0 Å². The molecule has 0 aliphatic carbocycles. The lowest BCUT2D eigenvalue weighted by atomic mass is 9.87. The molecule has 1 nitrogen and oxygen atoms in total. The fourth-order valence-electron chi connectivity index (χ4n) is 2.53. The number of nitrogens with zero attached hydrogens (tertiary/aromatic N) is 1. The molecule has 0 saturated carbocycles. The lowest BCUT2D eigenvalue weighted by molar-refractivity contribution is 0.139. The summed E-state index contributed by atoms with van der Waals surface area (Å²) in [6.07, 6.45) is 8.38. The predicted molar refractivity (Wildman–Crippen MR) is 68.2 cm³/mol. The Hall–Kier alpha value is -0.0400. The van der Waals surface area contributed by atoms with Crippen LogP contribution in [0.3, 0.4) is 0 Å². The molecule has 1 rings (SSSR count). The molecule has 0 aromatic carbocycles. The number of hydrogen-bond acceptors (Lipinski definition) is 1. The summed E-state index contributed by atoms with van der Waals surface area (Å²) in [6.45, 7) is 12.1. The fourth-order valence-corrected chi connectivity index (χ4v) is 2.53. The van der Waals surface area contributed by atoms with Gasteiger partial charge in [0.1, 0.15) is 0 Å². The molecule has 1 atom stereocenters. The average Bonchev–Trinajstić information content (AvgIpc) is 2.19. The molecule has 1 heterocycles. The van der Waals surface area contributed by atoms with E-state index in [0.717, 1.165) is 6.04 Å². The molecule has 1 heteroatoms. The minimum absolute atomic E-state index is 0.503. The number of rotatable bonds is 4.